The number of likely N-dealkylation sites (tertiary alicyclic amines) is 1. The molecule has 2 rings (SSSR count). The average molecular weight is 313 g/mol. The highest BCUT2D eigenvalue weighted by molar-refractivity contribution is 5.75. The molecule has 18 heavy (non-hydrogen) atoms. The van der Waals surface area contributed by atoms with Crippen LogP contribution in [0.4, 0.5) is 0 Å². The Balaban J connectivity index is 0.00000162. The third-order valence-electron chi connectivity index (χ3n) is 3.35. The highest BCUT2D eigenvalue weighted by Gasteiger charge is 2.17. The van der Waals surface area contributed by atoms with Crippen LogP contribution in [0.25, 0.3) is 0 Å². The highest BCUT2D eigenvalue weighted by Crippen LogP contribution is 2.09. The molecule has 0 saturated carbocycles. The lowest BCUT2D eigenvalue weighted by Gasteiger charge is -2.26. The zero-order chi connectivity index (χ0) is 12.1. The number of halogens is 1. The normalized spacial score (nSPS) is 15.1. The fraction of sp³-hybridized carbons (Fsp3) is 0.571. The second-order valence-electron chi connectivity index (χ2n) is 4.80. The predicted octanol–water partition coefficient (Wildman–Crippen LogP) is -1.31. The van der Waals surface area contributed by atoms with Crippen molar-refractivity contribution in [3.63, 3.8) is 0 Å². The minimum absolute atomic E-state index is 0. The molecule has 0 aliphatic carbocycles. The molecule has 3 nitrogen and oxygen atoms in total. The molecule has 0 radical (unpaired) electrons. The summed E-state index contributed by atoms with van der Waals surface area (Å²) >= 11 is 0. The summed E-state index contributed by atoms with van der Waals surface area (Å²) in [5, 5.41) is 0. The first-order valence-corrected chi connectivity index (χ1v) is 6.49. The molecule has 1 aliphatic rings. The molecule has 0 aromatic carbocycles. The molecule has 1 aromatic rings. The van der Waals surface area contributed by atoms with Gasteiger partial charge in [-0.15, -0.1) is 0 Å². The van der Waals surface area contributed by atoms with E-state index in [1.807, 2.05) is 17.3 Å². The van der Waals surface area contributed by atoms with Crippen LogP contribution in [-0.2, 0) is 11.3 Å². The minimum atomic E-state index is 0. The van der Waals surface area contributed by atoms with E-state index in [9.17, 15) is 4.79 Å². The van der Waals surface area contributed by atoms with Crippen LogP contribution in [0.3, 0.4) is 0 Å². The summed E-state index contributed by atoms with van der Waals surface area (Å²) in [6, 6.07) is 4.15. The van der Waals surface area contributed by atoms with Crippen molar-refractivity contribution >= 4 is 5.91 Å². The maximum atomic E-state index is 12.0. The van der Waals surface area contributed by atoms with Crippen LogP contribution in [-0.4, -0.2) is 23.9 Å². The van der Waals surface area contributed by atoms with E-state index >= 15 is 0 Å². The number of piperidine rings is 1. The smallest absolute Gasteiger partial charge is 0.228 e. The zero-order valence-electron chi connectivity index (χ0n) is 10.9. The predicted molar refractivity (Wildman–Crippen MR) is 66.4 cm³/mol. The Bertz CT molecular complexity index is 372. The molecule has 1 aromatic heterocycles. The SMILES string of the molecule is Cc1cc[n+](CCC(=O)N2CCCCC2)cc1.[Br-]. The van der Waals surface area contributed by atoms with Crippen LogP contribution in [0, 0.1) is 6.92 Å². The molecule has 1 fully saturated rings. The second-order valence-corrected chi connectivity index (χ2v) is 4.80. The molecule has 1 aliphatic heterocycles. The van der Waals surface area contributed by atoms with Gasteiger partial charge in [-0.1, -0.05) is 0 Å². The van der Waals surface area contributed by atoms with Gasteiger partial charge in [0.25, 0.3) is 0 Å². The number of hydrogen-bond acceptors (Lipinski definition) is 1. The van der Waals surface area contributed by atoms with Crippen LogP contribution in [0.2, 0.25) is 0 Å². The van der Waals surface area contributed by atoms with Crippen molar-refractivity contribution in [3.05, 3.63) is 30.1 Å². The molecule has 0 spiro atoms. The summed E-state index contributed by atoms with van der Waals surface area (Å²) in [7, 11) is 0. The Labute approximate surface area is 120 Å². The topological polar surface area (TPSA) is 24.2 Å². The van der Waals surface area contributed by atoms with Crippen molar-refractivity contribution in [2.24, 2.45) is 0 Å². The van der Waals surface area contributed by atoms with Gasteiger partial charge in [-0.25, -0.2) is 4.57 Å². The van der Waals surface area contributed by atoms with Crippen molar-refractivity contribution in [1.29, 1.82) is 0 Å². The summed E-state index contributed by atoms with van der Waals surface area (Å²) < 4.78 is 2.08. The Morgan fingerprint density at radius 2 is 1.83 bits per heavy atom. The van der Waals surface area contributed by atoms with Gasteiger partial charge in [0.05, 0.1) is 6.42 Å². The van der Waals surface area contributed by atoms with E-state index in [2.05, 4.69) is 23.6 Å². The number of aryl methyl sites for hydroxylation is 2. The first-order chi connectivity index (χ1) is 8.25. The Morgan fingerprint density at radius 3 is 2.44 bits per heavy atom. The van der Waals surface area contributed by atoms with E-state index in [0.29, 0.717) is 12.3 Å². The number of carbonyl (C=O) groups is 1. The molecule has 1 amide bonds. The minimum Gasteiger partial charge on any atom is -1.00 e. The Hall–Kier alpha value is -0.900. The molecule has 2 heterocycles. The fourth-order valence-electron chi connectivity index (χ4n) is 2.21. The van der Waals surface area contributed by atoms with Gasteiger partial charge in [-0.05, 0) is 31.7 Å². The molecule has 1 saturated heterocycles. The lowest BCUT2D eigenvalue weighted by molar-refractivity contribution is -0.696. The van der Waals surface area contributed by atoms with Crippen molar-refractivity contribution in [2.45, 2.75) is 39.2 Å². The largest absolute Gasteiger partial charge is 1.00 e. The third-order valence-corrected chi connectivity index (χ3v) is 3.35. The summed E-state index contributed by atoms with van der Waals surface area (Å²) in [5.41, 5.74) is 1.25. The summed E-state index contributed by atoms with van der Waals surface area (Å²) in [6.07, 6.45) is 8.31. The van der Waals surface area contributed by atoms with Gasteiger partial charge < -0.3 is 21.9 Å². The van der Waals surface area contributed by atoms with Crippen molar-refractivity contribution in [3.8, 4) is 0 Å². The van der Waals surface area contributed by atoms with Crippen LogP contribution >= 0.6 is 0 Å². The number of carbonyl (C=O) groups excluding carboxylic acids is 1. The number of aromatic nitrogens is 1. The summed E-state index contributed by atoms with van der Waals surface area (Å²) in [6.45, 7) is 4.77. The van der Waals surface area contributed by atoms with Gasteiger partial charge in [0.1, 0.15) is 0 Å². The van der Waals surface area contributed by atoms with E-state index in [1.54, 1.807) is 0 Å². The van der Waals surface area contributed by atoms with Crippen molar-refractivity contribution < 1.29 is 26.3 Å². The quantitative estimate of drug-likeness (QED) is 0.636. The fourth-order valence-corrected chi connectivity index (χ4v) is 2.21. The number of nitrogens with zero attached hydrogens (tertiary/aromatic N) is 2. The van der Waals surface area contributed by atoms with Gasteiger partial charge in [0.2, 0.25) is 5.91 Å². The van der Waals surface area contributed by atoms with E-state index in [0.717, 1.165) is 19.6 Å². The lowest BCUT2D eigenvalue weighted by atomic mass is 10.1. The first-order valence-electron chi connectivity index (χ1n) is 6.49. The highest BCUT2D eigenvalue weighted by atomic mass is 79.9. The van der Waals surface area contributed by atoms with E-state index in [4.69, 9.17) is 0 Å². The monoisotopic (exact) mass is 312 g/mol. The molecule has 100 valence electrons. The molecule has 4 heteroatoms. The number of amides is 1. The third kappa shape index (κ3) is 4.41. The van der Waals surface area contributed by atoms with Gasteiger partial charge >= 0.3 is 0 Å². The lowest BCUT2D eigenvalue weighted by Crippen LogP contribution is -3.00. The Morgan fingerprint density at radius 1 is 1.22 bits per heavy atom. The average Bonchev–Trinajstić information content (AvgIpc) is 2.39. The maximum absolute atomic E-state index is 12.0. The number of pyridine rings is 1. The zero-order valence-corrected chi connectivity index (χ0v) is 12.5. The summed E-state index contributed by atoms with van der Waals surface area (Å²) in [4.78, 5) is 14.0. The van der Waals surface area contributed by atoms with Gasteiger partial charge in [0, 0.05) is 25.2 Å². The number of hydrogen-bond donors (Lipinski definition) is 0. The number of rotatable bonds is 3. The van der Waals surface area contributed by atoms with E-state index < -0.39 is 0 Å². The van der Waals surface area contributed by atoms with E-state index in [-0.39, 0.29) is 17.0 Å². The van der Waals surface area contributed by atoms with Crippen LogP contribution in [0.5, 0.6) is 0 Å². The molecule has 0 atom stereocenters. The molecule has 0 unspecified atom stereocenters. The maximum Gasteiger partial charge on any atom is 0.228 e. The molecular formula is C14H21BrN2O. The first kappa shape index (κ1) is 15.2. The van der Waals surface area contributed by atoms with Gasteiger partial charge in [-0.2, -0.15) is 0 Å². The molecule has 0 N–H and O–H groups in total. The second kappa shape index (κ2) is 7.52. The van der Waals surface area contributed by atoms with Crippen LogP contribution in [0.1, 0.15) is 31.2 Å². The van der Waals surface area contributed by atoms with Crippen LogP contribution in [0.15, 0.2) is 24.5 Å². The van der Waals surface area contributed by atoms with Crippen LogP contribution < -0.4 is 21.5 Å². The van der Waals surface area contributed by atoms with Gasteiger partial charge in [0.15, 0.2) is 18.9 Å². The Kier molecular flexibility index (Phi) is 6.33. The van der Waals surface area contributed by atoms with Gasteiger partial charge in [-0.3, -0.25) is 4.79 Å². The molecule has 0 bridgehead atoms. The van der Waals surface area contributed by atoms with Crippen molar-refractivity contribution in [2.75, 3.05) is 13.1 Å². The summed E-state index contributed by atoms with van der Waals surface area (Å²) in [5.74, 6) is 0.303. The molecular weight excluding hydrogens is 292 g/mol. The van der Waals surface area contributed by atoms with Crippen molar-refractivity contribution in [1.82, 2.24) is 4.90 Å². The standard InChI is InChI=1S/C14H21N2O.BrH/c1-13-5-10-15(11-6-13)12-7-14(17)16-8-3-2-4-9-16;/h5-6,10-11H,2-4,7-9,12H2,1H3;1H/q+1;/p-1. The van der Waals surface area contributed by atoms with E-state index in [1.165, 1.54) is 24.8 Å².